The van der Waals surface area contributed by atoms with Crippen molar-refractivity contribution in [2.45, 2.75) is 51.2 Å². The van der Waals surface area contributed by atoms with Crippen LogP contribution in [0.15, 0.2) is 18.2 Å². The summed E-state index contributed by atoms with van der Waals surface area (Å²) in [5.74, 6) is 0.134. The van der Waals surface area contributed by atoms with Crippen molar-refractivity contribution in [3.05, 3.63) is 29.3 Å². The monoisotopic (exact) mass is 371 g/mol. The van der Waals surface area contributed by atoms with Crippen LogP contribution in [0.1, 0.15) is 37.3 Å². The van der Waals surface area contributed by atoms with Crippen LogP contribution in [-0.4, -0.2) is 66.5 Å². The van der Waals surface area contributed by atoms with Crippen LogP contribution < -0.4 is 5.32 Å². The van der Waals surface area contributed by atoms with Crippen LogP contribution in [0.25, 0.3) is 0 Å². The second-order valence-electron chi connectivity index (χ2n) is 7.87. The minimum absolute atomic E-state index is 0.0202. The van der Waals surface area contributed by atoms with Crippen molar-refractivity contribution < 1.29 is 14.3 Å². The standard InChI is InChI=1S/C21H29N3O3/c1-15(20(25)22-18-8-7-16-4-2-5-17(16)14-18)23-9-11-24(12-10-23)21(26)19-6-3-13-27-19/h7-8,14-15,19H,2-6,9-13H2,1H3,(H,22,25). The molecular formula is C21H29N3O3. The van der Waals surface area contributed by atoms with Crippen molar-refractivity contribution in [3.8, 4) is 0 Å². The molecule has 0 radical (unpaired) electrons. The summed E-state index contributed by atoms with van der Waals surface area (Å²) in [5, 5.41) is 3.07. The van der Waals surface area contributed by atoms with Gasteiger partial charge in [0.15, 0.2) is 0 Å². The fraction of sp³-hybridized carbons (Fsp3) is 0.619. The highest BCUT2D eigenvalue weighted by Gasteiger charge is 2.32. The zero-order valence-corrected chi connectivity index (χ0v) is 16.1. The molecule has 3 aliphatic rings. The van der Waals surface area contributed by atoms with Gasteiger partial charge in [-0.3, -0.25) is 14.5 Å². The molecule has 4 rings (SSSR count). The number of anilines is 1. The molecule has 2 atom stereocenters. The predicted molar refractivity (Wildman–Crippen MR) is 104 cm³/mol. The third kappa shape index (κ3) is 4.01. The maximum atomic E-state index is 12.7. The average Bonchev–Trinajstić information content (AvgIpc) is 3.38. The summed E-state index contributed by atoms with van der Waals surface area (Å²) in [4.78, 5) is 29.2. The first-order valence-corrected chi connectivity index (χ1v) is 10.2. The second kappa shape index (κ2) is 7.98. The van der Waals surface area contributed by atoms with E-state index in [1.54, 1.807) is 0 Å². The van der Waals surface area contributed by atoms with E-state index in [2.05, 4.69) is 22.3 Å². The van der Waals surface area contributed by atoms with Gasteiger partial charge in [-0.15, -0.1) is 0 Å². The molecule has 27 heavy (non-hydrogen) atoms. The molecule has 6 heteroatoms. The Kier molecular flexibility index (Phi) is 5.45. The van der Waals surface area contributed by atoms with Crippen molar-refractivity contribution >= 4 is 17.5 Å². The molecule has 0 bridgehead atoms. The van der Waals surface area contributed by atoms with E-state index >= 15 is 0 Å². The summed E-state index contributed by atoms with van der Waals surface area (Å²) in [6, 6.07) is 6.05. The Morgan fingerprint density at radius 2 is 1.89 bits per heavy atom. The van der Waals surface area contributed by atoms with Crippen molar-refractivity contribution in [1.29, 1.82) is 0 Å². The van der Waals surface area contributed by atoms with Crippen LogP contribution in [0.3, 0.4) is 0 Å². The Hall–Kier alpha value is -1.92. The molecule has 2 saturated heterocycles. The van der Waals surface area contributed by atoms with Crippen LogP contribution >= 0.6 is 0 Å². The molecule has 2 amide bonds. The van der Waals surface area contributed by atoms with Crippen LogP contribution in [0.2, 0.25) is 0 Å². The van der Waals surface area contributed by atoms with Crippen LogP contribution in [-0.2, 0) is 27.2 Å². The summed E-state index contributed by atoms with van der Waals surface area (Å²) < 4.78 is 5.51. The second-order valence-corrected chi connectivity index (χ2v) is 7.87. The molecule has 1 aliphatic carbocycles. The molecule has 0 aromatic heterocycles. The number of hydrogen-bond donors (Lipinski definition) is 1. The average molecular weight is 371 g/mol. The Morgan fingerprint density at radius 1 is 1.11 bits per heavy atom. The first-order chi connectivity index (χ1) is 13.1. The molecular weight excluding hydrogens is 342 g/mol. The van der Waals surface area contributed by atoms with E-state index in [0.717, 1.165) is 44.5 Å². The fourth-order valence-corrected chi connectivity index (χ4v) is 4.37. The number of hydrogen-bond acceptors (Lipinski definition) is 4. The van der Waals surface area contributed by atoms with Gasteiger partial charge in [0, 0.05) is 38.5 Å². The molecule has 2 heterocycles. The molecule has 1 aromatic rings. The van der Waals surface area contributed by atoms with E-state index in [1.165, 1.54) is 17.5 Å². The molecule has 1 aromatic carbocycles. The SMILES string of the molecule is CC(C(=O)Nc1ccc2c(c1)CCC2)N1CCN(C(=O)C2CCCO2)CC1. The predicted octanol–water partition coefficient (Wildman–Crippen LogP) is 1.83. The van der Waals surface area contributed by atoms with E-state index in [0.29, 0.717) is 19.7 Å². The van der Waals surface area contributed by atoms with Crippen LogP contribution in [0.5, 0.6) is 0 Å². The zero-order chi connectivity index (χ0) is 18.8. The Bertz CT molecular complexity index is 707. The Morgan fingerprint density at radius 3 is 2.63 bits per heavy atom. The molecule has 0 spiro atoms. The lowest BCUT2D eigenvalue weighted by Gasteiger charge is -2.38. The topological polar surface area (TPSA) is 61.9 Å². The maximum absolute atomic E-state index is 12.7. The highest BCUT2D eigenvalue weighted by atomic mass is 16.5. The summed E-state index contributed by atoms with van der Waals surface area (Å²) in [6.07, 6.45) is 5.01. The highest BCUT2D eigenvalue weighted by molar-refractivity contribution is 5.94. The number of carbonyl (C=O) groups excluding carboxylic acids is 2. The number of nitrogens with zero attached hydrogens (tertiary/aromatic N) is 2. The van der Waals surface area contributed by atoms with Gasteiger partial charge >= 0.3 is 0 Å². The highest BCUT2D eigenvalue weighted by Crippen LogP contribution is 2.25. The number of aryl methyl sites for hydroxylation is 2. The van der Waals surface area contributed by atoms with Crippen molar-refractivity contribution in [3.63, 3.8) is 0 Å². The van der Waals surface area contributed by atoms with Crippen LogP contribution in [0.4, 0.5) is 5.69 Å². The van der Waals surface area contributed by atoms with E-state index in [1.807, 2.05) is 17.9 Å². The van der Waals surface area contributed by atoms with Crippen LogP contribution in [0, 0.1) is 0 Å². The number of amides is 2. The lowest BCUT2D eigenvalue weighted by Crippen LogP contribution is -2.55. The van der Waals surface area contributed by atoms with Gasteiger partial charge in [0.05, 0.1) is 6.04 Å². The number of nitrogens with one attached hydrogen (secondary N) is 1. The van der Waals surface area contributed by atoms with E-state index in [-0.39, 0.29) is 24.0 Å². The fourth-order valence-electron chi connectivity index (χ4n) is 4.37. The molecule has 2 unspecified atom stereocenters. The number of piperazine rings is 1. The van der Waals surface area contributed by atoms with Gasteiger partial charge in [0.1, 0.15) is 6.10 Å². The summed E-state index contributed by atoms with van der Waals surface area (Å²) >= 11 is 0. The quantitative estimate of drug-likeness (QED) is 0.877. The van der Waals surface area contributed by atoms with Gasteiger partial charge in [-0.25, -0.2) is 0 Å². The van der Waals surface area contributed by atoms with E-state index in [4.69, 9.17) is 4.74 Å². The van der Waals surface area contributed by atoms with E-state index in [9.17, 15) is 9.59 Å². The summed E-state index contributed by atoms with van der Waals surface area (Å²) in [6.45, 7) is 5.40. The first kappa shape index (κ1) is 18.4. The van der Waals surface area contributed by atoms with Gasteiger partial charge in [-0.05, 0) is 62.3 Å². The van der Waals surface area contributed by atoms with Gasteiger partial charge in [0.2, 0.25) is 5.91 Å². The molecule has 0 saturated carbocycles. The minimum Gasteiger partial charge on any atom is -0.368 e. The zero-order valence-electron chi connectivity index (χ0n) is 16.1. The number of ether oxygens (including phenoxy) is 1. The summed E-state index contributed by atoms with van der Waals surface area (Å²) in [5.41, 5.74) is 3.66. The van der Waals surface area contributed by atoms with E-state index < -0.39 is 0 Å². The van der Waals surface area contributed by atoms with Gasteiger partial charge in [-0.2, -0.15) is 0 Å². The van der Waals surface area contributed by atoms with Crippen molar-refractivity contribution in [2.24, 2.45) is 0 Å². The smallest absolute Gasteiger partial charge is 0.251 e. The van der Waals surface area contributed by atoms with Gasteiger partial charge in [-0.1, -0.05) is 6.07 Å². The number of fused-ring (bicyclic) bond motifs is 1. The third-order valence-electron chi connectivity index (χ3n) is 6.12. The molecule has 1 N–H and O–H groups in total. The molecule has 146 valence electrons. The number of rotatable bonds is 4. The normalized spacial score (nSPS) is 23.9. The maximum Gasteiger partial charge on any atom is 0.251 e. The number of carbonyl (C=O) groups is 2. The lowest BCUT2D eigenvalue weighted by molar-refractivity contribution is -0.143. The summed E-state index contributed by atoms with van der Waals surface area (Å²) in [7, 11) is 0. The van der Waals surface area contributed by atoms with Gasteiger partial charge in [0.25, 0.3) is 5.91 Å². The third-order valence-corrected chi connectivity index (χ3v) is 6.12. The molecule has 6 nitrogen and oxygen atoms in total. The first-order valence-electron chi connectivity index (χ1n) is 10.2. The Balaban J connectivity index is 1.29. The minimum atomic E-state index is -0.253. The van der Waals surface area contributed by atoms with Crippen molar-refractivity contribution in [2.75, 3.05) is 38.1 Å². The molecule has 2 aliphatic heterocycles. The molecule has 2 fully saturated rings. The van der Waals surface area contributed by atoms with Gasteiger partial charge < -0.3 is 15.0 Å². The van der Waals surface area contributed by atoms with Crippen molar-refractivity contribution in [1.82, 2.24) is 9.80 Å². The largest absolute Gasteiger partial charge is 0.368 e. The Labute approximate surface area is 160 Å². The number of benzene rings is 1. The lowest BCUT2D eigenvalue weighted by atomic mass is 10.1.